The lowest BCUT2D eigenvalue weighted by molar-refractivity contribution is -0.249. The fraction of sp³-hybridized carbons (Fsp3) is 0.700. The van der Waals surface area contributed by atoms with Crippen molar-refractivity contribution in [3.63, 3.8) is 0 Å². The molecule has 0 saturated heterocycles. The van der Waals surface area contributed by atoms with Crippen LogP contribution in [0.5, 0.6) is 0 Å². The van der Waals surface area contributed by atoms with Gasteiger partial charge in [0.05, 0.1) is 0 Å². The number of hydrogen-bond donors (Lipinski definition) is 0. The average Bonchev–Trinajstić information content (AvgIpc) is 2.51. The molecule has 1 unspecified atom stereocenters. The van der Waals surface area contributed by atoms with Gasteiger partial charge >= 0.3 is 59.8 Å². The summed E-state index contributed by atoms with van der Waals surface area (Å²) in [7, 11) is 0. The van der Waals surface area contributed by atoms with Crippen molar-refractivity contribution in [1.29, 1.82) is 0 Å². The van der Waals surface area contributed by atoms with Crippen LogP contribution in [-0.4, -0.2) is 35.6 Å². The second-order valence-electron chi connectivity index (χ2n) is 5.82. The van der Waals surface area contributed by atoms with E-state index in [2.05, 4.69) is 9.47 Å². The summed E-state index contributed by atoms with van der Waals surface area (Å²) in [5, 5.41) is 0. The van der Waals surface area contributed by atoms with Crippen LogP contribution < -0.4 is 0 Å². The van der Waals surface area contributed by atoms with Gasteiger partial charge in [-0.25, -0.2) is 17.6 Å². The predicted octanol–water partition coefficient (Wildman–Crippen LogP) is 10.3. The Morgan fingerprint density at radius 2 is 0.763 bits per heavy atom. The van der Waals surface area contributed by atoms with Gasteiger partial charge in [0.1, 0.15) is 0 Å². The fourth-order valence-electron chi connectivity index (χ4n) is 0.524. The fourth-order valence-corrected chi connectivity index (χ4v) is 0.524. The highest BCUT2D eigenvalue weighted by molar-refractivity contribution is 5.67. The summed E-state index contributed by atoms with van der Waals surface area (Å²) in [6.45, 7) is 2.91. The number of carbonyl (C=O) groups is 2. The predicted molar refractivity (Wildman–Crippen MR) is 114 cm³/mol. The highest BCUT2D eigenvalue weighted by Crippen LogP contribution is 2.33. The summed E-state index contributed by atoms with van der Waals surface area (Å²) < 4.78 is 165. The molecule has 236 valence electrons. The third-order valence-electron chi connectivity index (χ3n) is 2.42. The van der Waals surface area contributed by atoms with Gasteiger partial charge in [-0.2, -0.15) is 43.9 Å². The topological polar surface area (TPSA) is 52.6 Å². The van der Waals surface area contributed by atoms with E-state index in [0.717, 1.165) is 13.8 Å². The van der Waals surface area contributed by atoms with Gasteiger partial charge in [0, 0.05) is 41.5 Å². The monoisotopic (exact) mass is 604 g/mol. The molecule has 0 aliphatic carbocycles. The van der Waals surface area contributed by atoms with Crippen molar-refractivity contribution in [2.75, 3.05) is 0 Å². The Bertz CT molecular complexity index is 670. The molecule has 1 atom stereocenters. The zero-order valence-electron chi connectivity index (χ0n) is 17.9. The molecule has 4 nitrogen and oxygen atoms in total. The summed E-state index contributed by atoms with van der Waals surface area (Å²) in [4.78, 5) is 19.8. The number of alkyl halides is 7. The van der Waals surface area contributed by atoms with E-state index in [1.807, 2.05) is 0 Å². The number of carbonyl (C=O) groups excluding carboxylic acids is 2. The molecule has 0 saturated carbocycles. The normalized spacial score (nSPS) is 11.3. The molecule has 0 bridgehead atoms. The van der Waals surface area contributed by atoms with E-state index in [1.54, 1.807) is 0 Å². The average molecular weight is 604 g/mol. The van der Waals surface area contributed by atoms with Crippen LogP contribution in [0.2, 0.25) is 0 Å². The number of ether oxygens (including phenoxy) is 2. The Morgan fingerprint density at radius 3 is 0.816 bits per heavy atom. The van der Waals surface area contributed by atoms with Crippen LogP contribution in [0.25, 0.3) is 0 Å². The molecule has 0 rings (SSSR count). The Labute approximate surface area is 212 Å². The van der Waals surface area contributed by atoms with E-state index >= 15 is 0 Å². The molecule has 0 aromatic rings. The summed E-state index contributed by atoms with van der Waals surface area (Å²) in [5.41, 5.74) is 0. The van der Waals surface area contributed by atoms with Gasteiger partial charge in [-0.15, -0.1) is 0 Å². The Balaban J connectivity index is -0.0000000518. The van der Waals surface area contributed by atoms with Crippen molar-refractivity contribution in [2.24, 2.45) is 0 Å². The molecular weight excluding hydrogens is 570 g/mol. The van der Waals surface area contributed by atoms with Crippen LogP contribution in [-0.2, 0) is 19.1 Å². The molecule has 0 spiro atoms. The molecule has 0 aliphatic heterocycles. The number of halogens is 14. The van der Waals surface area contributed by atoms with Crippen LogP contribution >= 0.6 is 0 Å². The molecule has 38 heavy (non-hydrogen) atoms. The van der Waals surface area contributed by atoms with E-state index in [0.29, 0.717) is 13.8 Å². The van der Waals surface area contributed by atoms with Crippen LogP contribution in [0.4, 0.5) is 61.5 Å². The maximum Gasteiger partial charge on any atom is 0.347 e. The molecule has 0 aromatic heterocycles. The van der Waals surface area contributed by atoms with Crippen molar-refractivity contribution in [2.45, 2.75) is 94.9 Å². The molecule has 0 heterocycles. The Hall–Kier alpha value is -2.56. The Kier molecular flexibility index (Phi) is 32.9. The molecular formula is C20H34F14O4. The van der Waals surface area contributed by atoms with E-state index < -0.39 is 59.8 Å². The summed E-state index contributed by atoms with van der Waals surface area (Å²) >= 11 is 0. The SMILES string of the molecule is C.C.C.C.CC(=O)OC(C)(F)C(C)(F)F.CC(=O)OC(F)=C(F)F.CC(F)(F)C(C)(F)F.FC(F)=C(F)F. The molecule has 0 aliphatic rings. The van der Waals surface area contributed by atoms with E-state index in [1.165, 1.54) is 0 Å². The van der Waals surface area contributed by atoms with Crippen LogP contribution in [0.15, 0.2) is 24.3 Å². The third-order valence-corrected chi connectivity index (χ3v) is 2.42. The van der Waals surface area contributed by atoms with Crippen molar-refractivity contribution in [3.05, 3.63) is 24.3 Å². The zero-order chi connectivity index (χ0) is 28.9. The number of hydrogen-bond acceptors (Lipinski definition) is 4. The lowest BCUT2D eigenvalue weighted by atomic mass is 10.2. The molecule has 0 aromatic carbocycles. The molecule has 0 radical (unpaired) electrons. The van der Waals surface area contributed by atoms with Gasteiger partial charge in [-0.1, -0.05) is 29.7 Å². The first-order valence-corrected chi connectivity index (χ1v) is 7.87. The highest BCUT2D eigenvalue weighted by atomic mass is 19.3. The van der Waals surface area contributed by atoms with Gasteiger partial charge in [-0.05, 0) is 0 Å². The molecule has 0 fully saturated rings. The largest absolute Gasteiger partial charge is 0.422 e. The van der Waals surface area contributed by atoms with Crippen molar-refractivity contribution in [3.8, 4) is 0 Å². The number of esters is 2. The van der Waals surface area contributed by atoms with Gasteiger partial charge in [-0.3, -0.25) is 9.59 Å². The van der Waals surface area contributed by atoms with E-state index in [4.69, 9.17) is 0 Å². The van der Waals surface area contributed by atoms with Gasteiger partial charge < -0.3 is 9.47 Å². The summed E-state index contributed by atoms with van der Waals surface area (Å²) in [6, 6.07) is -2.14. The summed E-state index contributed by atoms with van der Waals surface area (Å²) in [5.74, 6) is -16.9. The third kappa shape index (κ3) is 33.4. The van der Waals surface area contributed by atoms with E-state index in [9.17, 15) is 71.1 Å². The minimum atomic E-state index is -3.90. The lowest BCUT2D eigenvalue weighted by Crippen LogP contribution is -2.42. The highest BCUT2D eigenvalue weighted by Gasteiger charge is 2.50. The van der Waals surface area contributed by atoms with Gasteiger partial charge in [0.15, 0.2) is 0 Å². The quantitative estimate of drug-likeness (QED) is 0.182. The van der Waals surface area contributed by atoms with Crippen LogP contribution in [0.1, 0.15) is 71.2 Å². The van der Waals surface area contributed by atoms with Crippen molar-refractivity contribution < 1.29 is 80.5 Å². The van der Waals surface area contributed by atoms with Crippen molar-refractivity contribution >= 4 is 11.9 Å². The smallest absolute Gasteiger partial charge is 0.347 e. The van der Waals surface area contributed by atoms with Gasteiger partial charge in [0.25, 0.3) is 0 Å². The summed E-state index contributed by atoms with van der Waals surface area (Å²) in [6.07, 6.45) is -8.45. The molecule has 0 amide bonds. The van der Waals surface area contributed by atoms with Crippen molar-refractivity contribution in [1.82, 2.24) is 0 Å². The molecule has 0 N–H and O–H groups in total. The molecule has 18 heteroatoms. The minimum Gasteiger partial charge on any atom is -0.422 e. The first-order chi connectivity index (χ1) is 14.6. The minimum absolute atomic E-state index is 0. The Morgan fingerprint density at radius 1 is 0.500 bits per heavy atom. The van der Waals surface area contributed by atoms with Crippen LogP contribution in [0.3, 0.4) is 0 Å². The van der Waals surface area contributed by atoms with Crippen LogP contribution in [0, 0.1) is 0 Å². The lowest BCUT2D eigenvalue weighted by Gasteiger charge is -2.25. The second-order valence-corrected chi connectivity index (χ2v) is 5.82. The first-order valence-electron chi connectivity index (χ1n) is 7.87. The second kappa shape index (κ2) is 22.4. The van der Waals surface area contributed by atoms with Gasteiger partial charge in [0.2, 0.25) is 0 Å². The maximum absolute atomic E-state index is 12.7. The maximum atomic E-state index is 12.7. The standard InChI is InChI=1S/C6H9F3O2.C4H6F4.C4H3F3O2.C2F4.4CH4/c1-4(10)11-6(3,9)5(2,7)8;1-3(5,6)4(2,7)8;1-2(8)9-4(7)3(5)6;3-1(4)2(5)6;;;;/h1-3H3;1-2H3;1H3;;4*1H4. The zero-order valence-corrected chi connectivity index (χ0v) is 17.9. The number of rotatable bonds is 4. The first kappa shape index (κ1) is 55.8. The van der Waals surface area contributed by atoms with E-state index in [-0.39, 0.29) is 43.6 Å².